The zero-order valence-electron chi connectivity index (χ0n) is 6.97. The lowest BCUT2D eigenvalue weighted by Gasteiger charge is -2.08. The van der Waals surface area contributed by atoms with Gasteiger partial charge in [0.1, 0.15) is 0 Å². The van der Waals surface area contributed by atoms with E-state index in [1.165, 1.54) is 0 Å². The Bertz CT molecular complexity index is 571. The summed E-state index contributed by atoms with van der Waals surface area (Å²) in [5.74, 6) is 0. The lowest BCUT2D eigenvalue weighted by molar-refractivity contribution is -0.138. The second kappa shape index (κ2) is 3.09. The molecule has 0 atom stereocenters. The summed E-state index contributed by atoms with van der Waals surface area (Å²) in [5, 5.41) is 5.58. The zero-order chi connectivity index (χ0) is 11.2. The Morgan fingerprint density at radius 1 is 1.47 bits per heavy atom. The molecule has 0 unspecified atom stereocenters. The van der Waals surface area contributed by atoms with Crippen LogP contribution in [-0.2, 0) is 6.18 Å². The molecule has 0 amide bonds. The molecule has 0 saturated carbocycles. The smallest absolute Gasteiger partial charge is 0.250 e. The lowest BCUT2D eigenvalue weighted by Crippen LogP contribution is -2.13. The van der Waals surface area contributed by atoms with Gasteiger partial charge in [0.15, 0.2) is 5.65 Å². The fourth-order valence-corrected chi connectivity index (χ4v) is 1.67. The first kappa shape index (κ1) is 10.2. The van der Waals surface area contributed by atoms with E-state index >= 15 is 0 Å². The zero-order valence-corrected chi connectivity index (χ0v) is 8.56. The molecule has 0 aromatic carbocycles. The second-order valence-corrected chi connectivity index (χ2v) is 3.64. The van der Waals surface area contributed by atoms with Crippen LogP contribution in [0, 0.1) is 0 Å². The monoisotopic (exact) mass is 281 g/mol. The Morgan fingerprint density at radius 2 is 2.13 bits per heavy atom. The Kier molecular flexibility index (Phi) is 2.10. The molecule has 8 heteroatoms. The van der Waals surface area contributed by atoms with Gasteiger partial charge in [-0.2, -0.15) is 18.3 Å². The maximum Gasteiger partial charge on any atom is 0.418 e. The molecule has 15 heavy (non-hydrogen) atoms. The molecular formula is C7H3BrF3N3O. The molecule has 0 saturated heterocycles. The first-order valence-electron chi connectivity index (χ1n) is 3.73. The van der Waals surface area contributed by atoms with Gasteiger partial charge < -0.3 is 0 Å². The molecule has 0 spiro atoms. The maximum absolute atomic E-state index is 12.4. The van der Waals surface area contributed by atoms with Crippen LogP contribution in [0.5, 0.6) is 0 Å². The Hall–Kier alpha value is -1.31. The summed E-state index contributed by atoms with van der Waals surface area (Å²) in [6.07, 6.45) is -3.81. The summed E-state index contributed by atoms with van der Waals surface area (Å²) in [5.41, 5.74) is -1.50. The second-order valence-electron chi connectivity index (χ2n) is 2.79. The van der Waals surface area contributed by atoms with Crippen molar-refractivity contribution in [1.29, 1.82) is 0 Å². The van der Waals surface area contributed by atoms with E-state index in [0.717, 1.165) is 10.5 Å². The van der Waals surface area contributed by atoms with E-state index in [4.69, 9.17) is 0 Å². The van der Waals surface area contributed by atoms with Gasteiger partial charge in [-0.05, 0) is 22.0 Å². The van der Waals surface area contributed by atoms with Crippen molar-refractivity contribution in [3.8, 4) is 0 Å². The van der Waals surface area contributed by atoms with Gasteiger partial charge in [0, 0.05) is 10.7 Å². The lowest BCUT2D eigenvalue weighted by atomic mass is 10.3. The van der Waals surface area contributed by atoms with E-state index in [-0.39, 0.29) is 10.1 Å². The van der Waals surface area contributed by atoms with Crippen molar-refractivity contribution in [1.82, 2.24) is 14.6 Å². The number of rotatable bonds is 0. The van der Waals surface area contributed by atoms with Gasteiger partial charge in [0.25, 0.3) is 0 Å². The molecule has 0 aliphatic heterocycles. The number of alkyl halides is 3. The Labute approximate surface area is 88.8 Å². The molecule has 1 N–H and O–H groups in total. The van der Waals surface area contributed by atoms with Crippen LogP contribution in [0.2, 0.25) is 0 Å². The van der Waals surface area contributed by atoms with E-state index in [1.54, 1.807) is 0 Å². The van der Waals surface area contributed by atoms with Crippen LogP contribution in [0.1, 0.15) is 5.56 Å². The molecule has 2 heterocycles. The minimum Gasteiger partial charge on any atom is -0.250 e. The van der Waals surface area contributed by atoms with Gasteiger partial charge in [-0.3, -0.25) is 0 Å². The van der Waals surface area contributed by atoms with E-state index in [0.29, 0.717) is 6.20 Å². The third kappa shape index (κ3) is 1.65. The average Bonchev–Trinajstić information content (AvgIpc) is 2.44. The molecule has 2 aromatic rings. The molecule has 0 fully saturated rings. The van der Waals surface area contributed by atoms with Crippen LogP contribution < -0.4 is 5.69 Å². The number of nitrogens with one attached hydrogen (secondary N) is 1. The van der Waals surface area contributed by atoms with Crippen LogP contribution in [0.4, 0.5) is 13.2 Å². The number of fused-ring (bicyclic) bond motifs is 1. The van der Waals surface area contributed by atoms with Crippen molar-refractivity contribution in [2.45, 2.75) is 6.18 Å². The number of hydrogen-bond acceptors (Lipinski definition) is 2. The highest BCUT2D eigenvalue weighted by molar-refractivity contribution is 9.10. The van der Waals surface area contributed by atoms with E-state index in [2.05, 4.69) is 26.1 Å². The fraction of sp³-hybridized carbons (Fsp3) is 0.143. The maximum atomic E-state index is 12.4. The summed E-state index contributed by atoms with van der Waals surface area (Å²) < 4.78 is 38.0. The van der Waals surface area contributed by atoms with Crippen LogP contribution in [0.25, 0.3) is 5.65 Å². The highest BCUT2D eigenvalue weighted by atomic mass is 79.9. The third-order valence-electron chi connectivity index (χ3n) is 1.81. The van der Waals surface area contributed by atoms with E-state index < -0.39 is 17.4 Å². The first-order chi connectivity index (χ1) is 6.89. The Morgan fingerprint density at radius 3 is 2.73 bits per heavy atom. The summed E-state index contributed by atoms with van der Waals surface area (Å²) in [6, 6.07) is 1.13. The normalized spacial score (nSPS) is 12.3. The topological polar surface area (TPSA) is 50.2 Å². The number of H-pyrrole nitrogens is 1. The van der Waals surface area contributed by atoms with E-state index in [9.17, 15) is 18.0 Å². The van der Waals surface area contributed by atoms with Gasteiger partial charge in [0.2, 0.25) is 0 Å². The van der Waals surface area contributed by atoms with Crippen molar-refractivity contribution in [2.75, 3.05) is 0 Å². The summed E-state index contributed by atoms with van der Waals surface area (Å²) in [4.78, 5) is 11.0. The van der Waals surface area contributed by atoms with Crippen LogP contribution in [0.15, 0.2) is 21.5 Å². The third-order valence-corrected chi connectivity index (χ3v) is 2.46. The van der Waals surface area contributed by atoms with E-state index in [1.807, 2.05) is 0 Å². The number of nitrogens with zero attached hydrogens (tertiary/aromatic N) is 2. The average molecular weight is 282 g/mol. The number of pyridine rings is 1. The first-order valence-corrected chi connectivity index (χ1v) is 4.52. The Balaban J connectivity index is 2.82. The van der Waals surface area contributed by atoms with Crippen molar-refractivity contribution in [3.63, 3.8) is 0 Å². The minimum absolute atomic E-state index is 0.125. The molecule has 4 nitrogen and oxygen atoms in total. The van der Waals surface area contributed by atoms with Crippen LogP contribution in [0.3, 0.4) is 0 Å². The molecule has 0 aliphatic rings. The molecule has 2 rings (SSSR count). The number of hydrogen-bond donors (Lipinski definition) is 1. The SMILES string of the molecule is O=c1[nH]nc2cc(Br)c(C(F)(F)F)cn12. The molecule has 0 aliphatic carbocycles. The van der Waals surface area contributed by atoms with Gasteiger partial charge in [0.05, 0.1) is 5.56 Å². The fourth-order valence-electron chi connectivity index (χ4n) is 1.13. The quantitative estimate of drug-likeness (QED) is 0.801. The standard InChI is InChI=1S/C7H3BrF3N3O/c8-4-1-5-12-13-6(15)14(5)2-3(4)7(9,10)11/h1-2H,(H,13,15). The number of aromatic amines is 1. The van der Waals surface area contributed by atoms with Crippen molar-refractivity contribution < 1.29 is 13.2 Å². The number of aromatic nitrogens is 3. The van der Waals surface area contributed by atoms with Gasteiger partial charge in [-0.15, -0.1) is 0 Å². The van der Waals surface area contributed by atoms with Crippen molar-refractivity contribution in [3.05, 3.63) is 32.8 Å². The molecule has 0 radical (unpaired) electrons. The molecule has 2 aromatic heterocycles. The van der Waals surface area contributed by atoms with Gasteiger partial charge >= 0.3 is 11.9 Å². The highest BCUT2D eigenvalue weighted by Gasteiger charge is 2.33. The largest absolute Gasteiger partial charge is 0.418 e. The van der Waals surface area contributed by atoms with Crippen molar-refractivity contribution >= 4 is 21.6 Å². The van der Waals surface area contributed by atoms with Crippen LogP contribution >= 0.6 is 15.9 Å². The highest BCUT2D eigenvalue weighted by Crippen LogP contribution is 2.34. The van der Waals surface area contributed by atoms with Gasteiger partial charge in [-0.1, -0.05) is 0 Å². The molecule has 80 valence electrons. The summed E-state index contributed by atoms with van der Waals surface area (Å²) in [6.45, 7) is 0. The minimum atomic E-state index is -4.51. The van der Waals surface area contributed by atoms with Gasteiger partial charge in [-0.25, -0.2) is 14.3 Å². The predicted molar refractivity (Wildman–Crippen MR) is 48.5 cm³/mol. The summed E-state index contributed by atoms with van der Waals surface area (Å²) in [7, 11) is 0. The molecule has 0 bridgehead atoms. The van der Waals surface area contributed by atoms with Crippen molar-refractivity contribution in [2.24, 2.45) is 0 Å². The van der Waals surface area contributed by atoms with Crippen LogP contribution in [-0.4, -0.2) is 14.6 Å². The number of halogens is 4. The summed E-state index contributed by atoms with van der Waals surface area (Å²) >= 11 is 2.77. The molecular weight excluding hydrogens is 279 g/mol. The predicted octanol–water partition coefficient (Wildman–Crippen LogP) is 1.80.